The fourth-order valence-electron chi connectivity index (χ4n) is 0. The fraction of sp³-hybridized carbons (Fsp3) is 0.500. The molecule has 0 atom stereocenters. The van der Waals surface area contributed by atoms with Crippen LogP contribution in [0.3, 0.4) is 0 Å². The summed E-state index contributed by atoms with van der Waals surface area (Å²) in [5, 5.41) is 16.7. The van der Waals surface area contributed by atoms with E-state index < -0.39 is 15.7 Å². The first kappa shape index (κ1) is 18.6. The Balaban J connectivity index is -0.000000142. The zero-order valence-corrected chi connectivity index (χ0v) is 10.6. The Morgan fingerprint density at radius 2 is 1.42 bits per heavy atom. The van der Waals surface area contributed by atoms with E-state index in [2.05, 4.69) is 0 Å². The van der Waals surface area contributed by atoms with Crippen molar-refractivity contribution in [2.24, 2.45) is 0 Å². The van der Waals surface area contributed by atoms with Gasteiger partial charge in [-0.2, -0.15) is 0 Å². The van der Waals surface area contributed by atoms with Crippen molar-refractivity contribution in [2.45, 2.75) is 10.7 Å². The number of halogens is 3. The molecule has 0 heterocycles. The smallest absolute Gasteiger partial charge is 0.550 e. The molecular formula is C4H4Cl3NaO4. The summed E-state index contributed by atoms with van der Waals surface area (Å²) in [6, 6.07) is 0. The molecule has 0 aliphatic carbocycles. The fourth-order valence-corrected chi connectivity index (χ4v) is 0. The van der Waals surface area contributed by atoms with E-state index >= 15 is 0 Å². The number of aliphatic carboxylic acids is 2. The number of carbonyl (C=O) groups excluding carboxylic acids is 1. The molecule has 4 nitrogen and oxygen atoms in total. The zero-order valence-electron chi connectivity index (χ0n) is 6.31. The monoisotopic (exact) mass is 244 g/mol. The Kier molecular flexibility index (Phi) is 13.0. The van der Waals surface area contributed by atoms with Crippen LogP contribution in [0.2, 0.25) is 0 Å². The van der Waals surface area contributed by atoms with Crippen molar-refractivity contribution < 1.29 is 49.4 Å². The predicted molar refractivity (Wildman–Crippen MR) is 38.6 cm³/mol. The van der Waals surface area contributed by atoms with E-state index in [4.69, 9.17) is 49.8 Å². The minimum atomic E-state index is -2.17. The topological polar surface area (TPSA) is 77.4 Å². The average molecular weight is 245 g/mol. The van der Waals surface area contributed by atoms with Crippen LogP contribution < -0.4 is 34.7 Å². The number of hydrogen-bond acceptors (Lipinski definition) is 3. The second-order valence-corrected chi connectivity index (χ2v) is 3.58. The van der Waals surface area contributed by atoms with Crippen LogP contribution in [0.25, 0.3) is 0 Å². The summed E-state index contributed by atoms with van der Waals surface area (Å²) in [5.41, 5.74) is 0. The molecule has 8 heteroatoms. The molecule has 0 saturated carbocycles. The number of hydrogen-bond donors (Lipinski definition) is 1. The molecule has 1 N–H and O–H groups in total. The van der Waals surface area contributed by atoms with Gasteiger partial charge in [0.25, 0.3) is 3.79 Å². The van der Waals surface area contributed by atoms with Crippen molar-refractivity contribution in [2.75, 3.05) is 0 Å². The van der Waals surface area contributed by atoms with Crippen molar-refractivity contribution in [3.63, 3.8) is 0 Å². The summed E-state index contributed by atoms with van der Waals surface area (Å²) in [7, 11) is 0. The Morgan fingerprint density at radius 1 is 1.33 bits per heavy atom. The average Bonchev–Trinajstić information content (AvgIpc) is 1.59. The summed E-state index contributed by atoms with van der Waals surface area (Å²) < 4.78 is -2.17. The molecule has 0 bridgehead atoms. The van der Waals surface area contributed by atoms with Crippen molar-refractivity contribution in [1.82, 2.24) is 0 Å². The van der Waals surface area contributed by atoms with Gasteiger partial charge in [-0.15, -0.1) is 0 Å². The van der Waals surface area contributed by atoms with Crippen LogP contribution in [0.5, 0.6) is 0 Å². The minimum Gasteiger partial charge on any atom is -0.550 e. The van der Waals surface area contributed by atoms with E-state index in [0.29, 0.717) is 0 Å². The quantitative estimate of drug-likeness (QED) is 0.369. The molecule has 0 aliphatic heterocycles. The maximum Gasteiger partial charge on any atom is 1.00 e. The van der Waals surface area contributed by atoms with Gasteiger partial charge in [0.1, 0.15) is 0 Å². The van der Waals surface area contributed by atoms with Gasteiger partial charge in [-0.05, 0) is 6.92 Å². The third-order valence-electron chi connectivity index (χ3n) is 0.243. The van der Waals surface area contributed by atoms with Crippen molar-refractivity contribution in [3.05, 3.63) is 0 Å². The maximum atomic E-state index is 9.62. The van der Waals surface area contributed by atoms with Crippen LogP contribution in [0, 0.1) is 0 Å². The van der Waals surface area contributed by atoms with E-state index in [1.807, 2.05) is 0 Å². The van der Waals surface area contributed by atoms with Crippen LogP contribution in [0.15, 0.2) is 0 Å². The van der Waals surface area contributed by atoms with E-state index in [-0.39, 0.29) is 29.6 Å². The Bertz CT molecular complexity index is 151. The molecule has 0 saturated heterocycles. The molecule has 0 aliphatic rings. The first-order valence-electron chi connectivity index (χ1n) is 2.15. The van der Waals surface area contributed by atoms with Gasteiger partial charge in [0.15, 0.2) is 0 Å². The normalized spacial score (nSPS) is 8.67. The van der Waals surface area contributed by atoms with Gasteiger partial charge in [-0.25, -0.2) is 4.79 Å². The van der Waals surface area contributed by atoms with Gasteiger partial charge in [0, 0.05) is 5.97 Å². The Morgan fingerprint density at radius 3 is 1.42 bits per heavy atom. The number of carboxylic acids is 2. The summed E-state index contributed by atoms with van der Waals surface area (Å²) >= 11 is 14.4. The minimum absolute atomic E-state index is 0. The van der Waals surface area contributed by atoms with E-state index in [9.17, 15) is 4.79 Å². The van der Waals surface area contributed by atoms with Gasteiger partial charge in [-0.1, -0.05) is 34.8 Å². The van der Waals surface area contributed by atoms with E-state index in [0.717, 1.165) is 6.92 Å². The van der Waals surface area contributed by atoms with Crippen LogP contribution in [-0.2, 0) is 9.59 Å². The Labute approximate surface area is 106 Å². The summed E-state index contributed by atoms with van der Waals surface area (Å²) in [4.78, 5) is 18.5. The molecule has 66 valence electrons. The second-order valence-electron chi connectivity index (χ2n) is 1.29. The van der Waals surface area contributed by atoms with Crippen molar-refractivity contribution in [3.8, 4) is 0 Å². The molecule has 0 aromatic carbocycles. The molecule has 0 fully saturated rings. The number of carboxylic acid groups (broad SMARTS) is 2. The second kappa shape index (κ2) is 8.41. The van der Waals surface area contributed by atoms with Gasteiger partial charge >= 0.3 is 35.5 Å². The van der Waals surface area contributed by atoms with Crippen LogP contribution in [0.1, 0.15) is 6.92 Å². The molecule has 0 rings (SSSR count). The Hall–Kier alpha value is 0.810. The van der Waals surface area contributed by atoms with Crippen LogP contribution >= 0.6 is 34.8 Å². The first-order valence-corrected chi connectivity index (χ1v) is 3.29. The van der Waals surface area contributed by atoms with E-state index in [1.165, 1.54) is 0 Å². The largest absolute Gasteiger partial charge is 1.00 e. The third kappa shape index (κ3) is 22.4. The summed E-state index contributed by atoms with van der Waals surface area (Å²) in [5.74, 6) is -2.54. The van der Waals surface area contributed by atoms with Gasteiger partial charge < -0.3 is 15.0 Å². The van der Waals surface area contributed by atoms with E-state index in [1.54, 1.807) is 0 Å². The van der Waals surface area contributed by atoms with Gasteiger partial charge in [0.05, 0.1) is 0 Å². The van der Waals surface area contributed by atoms with Crippen molar-refractivity contribution in [1.29, 1.82) is 0 Å². The molecule has 0 aromatic rings. The molecule has 0 amide bonds. The SMILES string of the molecule is CC(=O)[O-].O=C(O)C(Cl)(Cl)Cl.[Na+]. The molecule has 0 radical (unpaired) electrons. The van der Waals surface area contributed by atoms with Crippen LogP contribution in [0.4, 0.5) is 0 Å². The molecule has 0 unspecified atom stereocenters. The summed E-state index contributed by atoms with van der Waals surface area (Å²) in [6.45, 7) is 0.972. The number of carbonyl (C=O) groups is 2. The zero-order chi connectivity index (χ0) is 9.65. The first-order chi connectivity index (χ1) is 4.68. The third-order valence-corrected chi connectivity index (χ3v) is 0.728. The standard InChI is InChI=1S/C2HCl3O2.C2H4O2.Na/c3-2(4,5)1(6)7;1-2(3)4;/h(H,6,7);1H3,(H,3,4);/q;;+1/p-1. The number of rotatable bonds is 0. The summed E-state index contributed by atoms with van der Waals surface area (Å²) in [6.07, 6.45) is 0. The van der Waals surface area contributed by atoms with Crippen molar-refractivity contribution >= 4 is 46.7 Å². The van der Waals surface area contributed by atoms with Crippen LogP contribution in [-0.4, -0.2) is 20.8 Å². The predicted octanol–water partition coefficient (Wildman–Crippen LogP) is -2.80. The molecule has 12 heavy (non-hydrogen) atoms. The molecular weight excluding hydrogens is 241 g/mol. The van der Waals surface area contributed by atoms with Gasteiger partial charge in [-0.3, -0.25) is 0 Å². The number of alkyl halides is 3. The molecule has 0 aromatic heterocycles. The maximum absolute atomic E-state index is 9.62. The molecule has 0 spiro atoms. The van der Waals surface area contributed by atoms with Gasteiger partial charge in [0.2, 0.25) is 0 Å².